The number of hydrogen-bond donors (Lipinski definition) is 2. The van der Waals surface area contributed by atoms with Gasteiger partial charge in [-0.3, -0.25) is 0 Å². The van der Waals surface area contributed by atoms with Crippen LogP contribution in [0.25, 0.3) is 0 Å². The van der Waals surface area contributed by atoms with E-state index < -0.39 is 0 Å². The molecule has 2 N–H and O–H groups in total. The van der Waals surface area contributed by atoms with Crippen LogP contribution in [0.3, 0.4) is 0 Å². The summed E-state index contributed by atoms with van der Waals surface area (Å²) in [5.41, 5.74) is 12.5. The summed E-state index contributed by atoms with van der Waals surface area (Å²) in [5.74, 6) is -0.341. The van der Waals surface area contributed by atoms with Crippen LogP contribution in [0.15, 0.2) is 77.0 Å². The fraction of sp³-hybridized carbons (Fsp3) is 0.269. The Morgan fingerprint density at radius 1 is 0.941 bits per heavy atom. The second-order valence-corrected chi connectivity index (χ2v) is 7.86. The van der Waals surface area contributed by atoms with Crippen molar-refractivity contribution in [1.29, 1.82) is 0 Å². The Hall–Kier alpha value is -3.91. The largest absolute Gasteiger partial charge is 0.462 e. The van der Waals surface area contributed by atoms with Crippen LogP contribution in [-0.2, 0) is 9.47 Å². The standard InChI is InChI=1S/C26H29N5O3/c1-3-34-26(32)20-4-6-21(7-5-20)28-30-25-13-10-23(18-19(25)2)29-27-22-8-11-24(12-9-22)31-14-16-33-17-15-31/h4-13,18,27,29H,3,14-17H2,1-2H3/b30-28+. The van der Waals surface area contributed by atoms with E-state index in [1.165, 1.54) is 5.69 Å². The zero-order valence-corrected chi connectivity index (χ0v) is 19.5. The van der Waals surface area contributed by atoms with Crippen molar-refractivity contribution >= 4 is 34.4 Å². The van der Waals surface area contributed by atoms with Gasteiger partial charge in [0.15, 0.2) is 0 Å². The molecule has 0 unspecified atom stereocenters. The number of anilines is 3. The Morgan fingerprint density at radius 3 is 2.29 bits per heavy atom. The molecule has 0 spiro atoms. The number of rotatable bonds is 8. The number of aryl methyl sites for hydroxylation is 1. The maximum atomic E-state index is 11.7. The van der Waals surface area contributed by atoms with Gasteiger partial charge in [-0.15, -0.1) is 0 Å². The van der Waals surface area contributed by atoms with E-state index in [2.05, 4.69) is 50.2 Å². The fourth-order valence-corrected chi connectivity index (χ4v) is 3.56. The molecule has 0 radical (unpaired) electrons. The first-order valence-corrected chi connectivity index (χ1v) is 11.4. The molecule has 4 rings (SSSR count). The van der Waals surface area contributed by atoms with Gasteiger partial charge in [0, 0.05) is 18.8 Å². The van der Waals surface area contributed by atoms with E-state index in [1.807, 2.05) is 25.1 Å². The number of hydrazine groups is 1. The molecule has 1 saturated heterocycles. The third-order valence-electron chi connectivity index (χ3n) is 5.44. The van der Waals surface area contributed by atoms with Gasteiger partial charge in [-0.1, -0.05) is 0 Å². The molecule has 176 valence electrons. The summed E-state index contributed by atoms with van der Waals surface area (Å²) >= 11 is 0. The lowest BCUT2D eigenvalue weighted by molar-refractivity contribution is 0.0526. The molecule has 1 aliphatic heterocycles. The topological polar surface area (TPSA) is 87.5 Å². The van der Waals surface area contributed by atoms with E-state index in [4.69, 9.17) is 9.47 Å². The molecule has 0 aliphatic carbocycles. The number of nitrogens with zero attached hydrogens (tertiary/aromatic N) is 3. The lowest BCUT2D eigenvalue weighted by Gasteiger charge is -2.29. The fourth-order valence-electron chi connectivity index (χ4n) is 3.56. The van der Waals surface area contributed by atoms with Crippen LogP contribution in [-0.4, -0.2) is 38.9 Å². The smallest absolute Gasteiger partial charge is 0.338 e. The lowest BCUT2D eigenvalue weighted by Crippen LogP contribution is -2.36. The molecule has 1 aliphatic rings. The van der Waals surface area contributed by atoms with Crippen molar-refractivity contribution in [3.8, 4) is 0 Å². The summed E-state index contributed by atoms with van der Waals surface area (Å²) in [7, 11) is 0. The number of morpholine rings is 1. The van der Waals surface area contributed by atoms with Gasteiger partial charge in [0.25, 0.3) is 0 Å². The van der Waals surface area contributed by atoms with Crippen molar-refractivity contribution in [2.24, 2.45) is 10.2 Å². The Bertz CT molecular complexity index is 1120. The SMILES string of the molecule is CCOC(=O)c1ccc(/N=N/c2ccc(NNc3ccc(N4CCOCC4)cc3)cc2C)cc1. The van der Waals surface area contributed by atoms with Gasteiger partial charge in [0.1, 0.15) is 0 Å². The van der Waals surface area contributed by atoms with E-state index in [0.29, 0.717) is 17.9 Å². The minimum Gasteiger partial charge on any atom is -0.462 e. The number of nitrogens with one attached hydrogen (secondary N) is 2. The first-order chi connectivity index (χ1) is 16.6. The third-order valence-corrected chi connectivity index (χ3v) is 5.44. The first kappa shape index (κ1) is 23.3. The van der Waals surface area contributed by atoms with Crippen molar-refractivity contribution in [3.63, 3.8) is 0 Å². The van der Waals surface area contributed by atoms with Gasteiger partial charge in [0.2, 0.25) is 0 Å². The van der Waals surface area contributed by atoms with Crippen LogP contribution >= 0.6 is 0 Å². The maximum absolute atomic E-state index is 11.7. The average Bonchev–Trinajstić information content (AvgIpc) is 2.88. The van der Waals surface area contributed by atoms with Gasteiger partial charge in [-0.25, -0.2) is 4.79 Å². The summed E-state index contributed by atoms with van der Waals surface area (Å²) < 4.78 is 10.4. The molecule has 0 bridgehead atoms. The molecule has 8 heteroatoms. The normalized spacial score (nSPS) is 13.6. The minimum absolute atomic E-state index is 0.341. The Morgan fingerprint density at radius 2 is 1.62 bits per heavy atom. The zero-order valence-electron chi connectivity index (χ0n) is 19.5. The van der Waals surface area contributed by atoms with E-state index in [9.17, 15) is 4.79 Å². The highest BCUT2D eigenvalue weighted by molar-refractivity contribution is 5.89. The van der Waals surface area contributed by atoms with E-state index in [0.717, 1.165) is 48.9 Å². The highest BCUT2D eigenvalue weighted by Gasteiger charge is 2.10. The summed E-state index contributed by atoms with van der Waals surface area (Å²) in [6.45, 7) is 7.52. The maximum Gasteiger partial charge on any atom is 0.338 e. The van der Waals surface area contributed by atoms with Crippen molar-refractivity contribution in [2.45, 2.75) is 13.8 Å². The molecule has 8 nitrogen and oxygen atoms in total. The molecule has 0 saturated carbocycles. The molecule has 1 heterocycles. The Balaban J connectivity index is 1.32. The molecule has 0 amide bonds. The molecule has 3 aromatic carbocycles. The highest BCUT2D eigenvalue weighted by atomic mass is 16.5. The predicted molar refractivity (Wildman–Crippen MR) is 134 cm³/mol. The van der Waals surface area contributed by atoms with Crippen LogP contribution in [0.2, 0.25) is 0 Å². The summed E-state index contributed by atoms with van der Waals surface area (Å²) in [6.07, 6.45) is 0. The minimum atomic E-state index is -0.341. The summed E-state index contributed by atoms with van der Waals surface area (Å²) in [6, 6.07) is 21.1. The van der Waals surface area contributed by atoms with Crippen molar-refractivity contribution < 1.29 is 14.3 Å². The Kier molecular flexibility index (Phi) is 7.72. The number of hydrogen-bond acceptors (Lipinski definition) is 8. The number of ether oxygens (including phenoxy) is 2. The van der Waals surface area contributed by atoms with E-state index >= 15 is 0 Å². The Labute approximate surface area is 199 Å². The van der Waals surface area contributed by atoms with Crippen molar-refractivity contribution in [2.75, 3.05) is 48.7 Å². The van der Waals surface area contributed by atoms with Gasteiger partial charge >= 0.3 is 5.97 Å². The van der Waals surface area contributed by atoms with Crippen LogP contribution in [0.1, 0.15) is 22.8 Å². The van der Waals surface area contributed by atoms with Crippen LogP contribution in [0.5, 0.6) is 0 Å². The van der Waals surface area contributed by atoms with E-state index in [-0.39, 0.29) is 5.97 Å². The zero-order chi connectivity index (χ0) is 23.8. The summed E-state index contributed by atoms with van der Waals surface area (Å²) in [4.78, 5) is 14.1. The number of esters is 1. The monoisotopic (exact) mass is 459 g/mol. The number of carbonyl (C=O) groups is 1. The van der Waals surface area contributed by atoms with Crippen molar-refractivity contribution in [3.05, 3.63) is 77.9 Å². The van der Waals surface area contributed by atoms with Gasteiger partial charge in [-0.05, 0) is 86.1 Å². The molecular formula is C26H29N5O3. The van der Waals surface area contributed by atoms with E-state index in [1.54, 1.807) is 31.2 Å². The molecule has 0 atom stereocenters. The lowest BCUT2D eigenvalue weighted by atomic mass is 10.2. The predicted octanol–water partition coefficient (Wildman–Crippen LogP) is 5.86. The van der Waals surface area contributed by atoms with Crippen LogP contribution in [0, 0.1) is 6.92 Å². The van der Waals surface area contributed by atoms with Gasteiger partial charge < -0.3 is 25.2 Å². The average molecular weight is 460 g/mol. The molecule has 1 fully saturated rings. The van der Waals surface area contributed by atoms with Crippen molar-refractivity contribution in [1.82, 2.24) is 0 Å². The number of benzene rings is 3. The van der Waals surface area contributed by atoms with Gasteiger partial charge in [0.05, 0.1) is 48.1 Å². The third kappa shape index (κ3) is 6.11. The molecule has 34 heavy (non-hydrogen) atoms. The highest BCUT2D eigenvalue weighted by Crippen LogP contribution is 2.26. The van der Waals surface area contributed by atoms with Crippen LogP contribution < -0.4 is 15.8 Å². The van der Waals surface area contributed by atoms with Crippen LogP contribution in [0.4, 0.5) is 28.4 Å². The molecule has 0 aromatic heterocycles. The number of carbonyl (C=O) groups excluding carboxylic acids is 1. The second-order valence-electron chi connectivity index (χ2n) is 7.86. The molecule has 3 aromatic rings. The quantitative estimate of drug-likeness (QED) is 0.249. The second kappa shape index (κ2) is 11.3. The number of azo groups is 1. The van der Waals surface area contributed by atoms with Gasteiger partial charge in [-0.2, -0.15) is 10.2 Å². The molecular weight excluding hydrogens is 430 g/mol. The first-order valence-electron chi connectivity index (χ1n) is 11.4. The summed E-state index contributed by atoms with van der Waals surface area (Å²) in [5, 5.41) is 8.63.